The number of amides is 2. The van der Waals surface area contributed by atoms with Crippen LogP contribution in [0.2, 0.25) is 0 Å². The number of alkyl halides is 2. The van der Waals surface area contributed by atoms with E-state index in [1.54, 1.807) is 0 Å². The number of aliphatic hydroxyl groups is 1. The molecule has 0 bridgehead atoms. The number of anilines is 1. The van der Waals surface area contributed by atoms with E-state index in [2.05, 4.69) is 15.4 Å². The van der Waals surface area contributed by atoms with Crippen LogP contribution in [-0.4, -0.2) is 24.3 Å². The van der Waals surface area contributed by atoms with Crippen molar-refractivity contribution in [2.75, 3.05) is 11.9 Å². The lowest BCUT2D eigenvalue weighted by Crippen LogP contribution is -2.32. The molecule has 0 saturated carbocycles. The highest BCUT2D eigenvalue weighted by molar-refractivity contribution is 5.89. The van der Waals surface area contributed by atoms with Gasteiger partial charge in [0.1, 0.15) is 5.75 Å². The maximum atomic E-state index is 13.1. The minimum Gasteiger partial charge on any atom is -0.435 e. The molecule has 0 spiro atoms. The van der Waals surface area contributed by atoms with Crippen LogP contribution in [0.5, 0.6) is 5.75 Å². The van der Waals surface area contributed by atoms with Gasteiger partial charge in [-0.25, -0.2) is 13.6 Å². The summed E-state index contributed by atoms with van der Waals surface area (Å²) in [6, 6.07) is 7.43. The molecular formula is C16H14F4N2O3. The number of urea groups is 1. The van der Waals surface area contributed by atoms with Crippen LogP contribution in [0.15, 0.2) is 42.5 Å². The molecule has 0 heterocycles. The number of halogens is 4. The minimum atomic E-state index is -2.94. The van der Waals surface area contributed by atoms with Crippen molar-refractivity contribution in [1.29, 1.82) is 0 Å². The van der Waals surface area contributed by atoms with Gasteiger partial charge in [0.15, 0.2) is 11.6 Å². The molecule has 0 aliphatic rings. The van der Waals surface area contributed by atoms with E-state index in [9.17, 15) is 27.5 Å². The second-order valence-corrected chi connectivity index (χ2v) is 4.93. The first-order valence-corrected chi connectivity index (χ1v) is 7.08. The first-order valence-electron chi connectivity index (χ1n) is 7.08. The Hall–Kier alpha value is -2.81. The van der Waals surface area contributed by atoms with E-state index in [-0.39, 0.29) is 17.9 Å². The third-order valence-corrected chi connectivity index (χ3v) is 3.12. The van der Waals surface area contributed by atoms with Crippen molar-refractivity contribution >= 4 is 11.7 Å². The van der Waals surface area contributed by atoms with Gasteiger partial charge in [-0.1, -0.05) is 6.07 Å². The molecule has 2 amide bonds. The van der Waals surface area contributed by atoms with Crippen molar-refractivity contribution in [2.45, 2.75) is 12.7 Å². The first-order chi connectivity index (χ1) is 11.8. The summed E-state index contributed by atoms with van der Waals surface area (Å²) in [5.41, 5.74) is 0.411. The molecule has 0 aliphatic carbocycles. The number of hydrogen-bond donors (Lipinski definition) is 3. The molecule has 0 unspecified atom stereocenters. The van der Waals surface area contributed by atoms with Gasteiger partial charge in [0, 0.05) is 12.2 Å². The summed E-state index contributed by atoms with van der Waals surface area (Å²) in [7, 11) is 0. The second-order valence-electron chi connectivity index (χ2n) is 4.93. The van der Waals surface area contributed by atoms with Crippen LogP contribution in [0, 0.1) is 11.6 Å². The Morgan fingerprint density at radius 3 is 2.36 bits per heavy atom. The molecule has 3 N–H and O–H groups in total. The summed E-state index contributed by atoms with van der Waals surface area (Å²) in [6.07, 6.45) is -1.23. The normalized spacial score (nSPS) is 11.9. The third-order valence-electron chi connectivity index (χ3n) is 3.12. The Morgan fingerprint density at radius 1 is 1.08 bits per heavy atom. The molecule has 0 fully saturated rings. The van der Waals surface area contributed by atoms with E-state index in [0.717, 1.165) is 12.1 Å². The molecule has 1 atom stereocenters. The fraction of sp³-hybridized carbons (Fsp3) is 0.188. The summed E-state index contributed by atoms with van der Waals surface area (Å²) >= 11 is 0. The van der Waals surface area contributed by atoms with E-state index in [0.29, 0.717) is 5.69 Å². The van der Waals surface area contributed by atoms with Crippen molar-refractivity contribution in [2.24, 2.45) is 0 Å². The molecule has 0 radical (unpaired) electrons. The number of rotatable bonds is 6. The predicted octanol–water partition coefficient (Wildman–Crippen LogP) is 3.42. The maximum absolute atomic E-state index is 13.1. The van der Waals surface area contributed by atoms with Crippen molar-refractivity contribution < 1.29 is 32.2 Å². The van der Waals surface area contributed by atoms with Crippen LogP contribution in [0.4, 0.5) is 28.0 Å². The smallest absolute Gasteiger partial charge is 0.387 e. The molecule has 0 saturated heterocycles. The van der Waals surface area contributed by atoms with Gasteiger partial charge in [0.05, 0.1) is 6.10 Å². The zero-order valence-corrected chi connectivity index (χ0v) is 12.7. The number of carbonyl (C=O) groups is 1. The molecular weight excluding hydrogens is 344 g/mol. The lowest BCUT2D eigenvalue weighted by molar-refractivity contribution is -0.0498. The van der Waals surface area contributed by atoms with E-state index in [1.807, 2.05) is 0 Å². The van der Waals surface area contributed by atoms with E-state index in [1.165, 1.54) is 30.3 Å². The van der Waals surface area contributed by atoms with Gasteiger partial charge in [-0.2, -0.15) is 8.78 Å². The van der Waals surface area contributed by atoms with Crippen LogP contribution in [0.3, 0.4) is 0 Å². The topological polar surface area (TPSA) is 70.6 Å². The number of hydrogen-bond acceptors (Lipinski definition) is 3. The number of carbonyl (C=O) groups excluding carboxylic acids is 1. The Balaban J connectivity index is 1.84. The van der Waals surface area contributed by atoms with E-state index < -0.39 is 30.4 Å². The quantitative estimate of drug-likeness (QED) is 0.693. The second kappa shape index (κ2) is 8.34. The van der Waals surface area contributed by atoms with Crippen molar-refractivity contribution in [1.82, 2.24) is 5.32 Å². The van der Waals surface area contributed by atoms with Crippen LogP contribution in [0.25, 0.3) is 0 Å². The first kappa shape index (κ1) is 18.5. The van der Waals surface area contributed by atoms with Gasteiger partial charge in [-0.15, -0.1) is 0 Å². The molecule has 2 rings (SSSR count). The highest BCUT2D eigenvalue weighted by atomic mass is 19.3. The summed E-state index contributed by atoms with van der Waals surface area (Å²) in [6.45, 7) is -3.19. The third kappa shape index (κ3) is 5.64. The van der Waals surface area contributed by atoms with Crippen molar-refractivity contribution in [3.05, 3.63) is 59.7 Å². The molecule has 0 aliphatic heterocycles. The van der Waals surface area contributed by atoms with Crippen LogP contribution in [0.1, 0.15) is 11.7 Å². The molecule has 2 aromatic rings. The highest BCUT2D eigenvalue weighted by Gasteiger charge is 2.12. The summed E-state index contributed by atoms with van der Waals surface area (Å²) in [5, 5.41) is 14.6. The number of nitrogens with one attached hydrogen (secondary N) is 2. The SMILES string of the molecule is O=C(NC[C@H](O)c1ccc(F)c(F)c1)Nc1ccc(OC(F)F)cc1. The number of ether oxygens (including phenoxy) is 1. The average molecular weight is 358 g/mol. The number of aliphatic hydroxyl groups excluding tert-OH is 1. The summed E-state index contributed by atoms with van der Waals surface area (Å²) in [5.74, 6) is -2.21. The van der Waals surface area contributed by atoms with Crippen LogP contribution < -0.4 is 15.4 Å². The summed E-state index contributed by atoms with van der Waals surface area (Å²) < 4.78 is 54.1. The Bertz CT molecular complexity index is 726. The molecule has 0 aromatic heterocycles. The van der Waals surface area contributed by atoms with E-state index >= 15 is 0 Å². The monoisotopic (exact) mass is 358 g/mol. The molecule has 5 nitrogen and oxygen atoms in total. The fourth-order valence-electron chi connectivity index (χ4n) is 1.92. The predicted molar refractivity (Wildman–Crippen MR) is 81.4 cm³/mol. The Morgan fingerprint density at radius 2 is 1.76 bits per heavy atom. The van der Waals surface area contributed by atoms with Gasteiger partial charge in [0.2, 0.25) is 0 Å². The Kier molecular flexibility index (Phi) is 6.18. The van der Waals surface area contributed by atoms with Crippen molar-refractivity contribution in [3.8, 4) is 5.75 Å². The van der Waals surface area contributed by atoms with Gasteiger partial charge < -0.3 is 20.5 Å². The Labute approximate surface area is 140 Å². The largest absolute Gasteiger partial charge is 0.435 e. The van der Waals surface area contributed by atoms with Gasteiger partial charge in [-0.3, -0.25) is 0 Å². The highest BCUT2D eigenvalue weighted by Crippen LogP contribution is 2.18. The molecule has 9 heteroatoms. The lowest BCUT2D eigenvalue weighted by Gasteiger charge is -2.13. The van der Waals surface area contributed by atoms with Gasteiger partial charge >= 0.3 is 12.6 Å². The standard InChI is InChI=1S/C16H14F4N2O3/c17-12-6-1-9(7-13(12)18)14(23)8-21-16(24)22-10-2-4-11(5-3-10)25-15(19)20/h1-7,14-15,23H,8H2,(H2,21,22,24)/t14-/m0/s1. The van der Waals surface area contributed by atoms with Crippen LogP contribution >= 0.6 is 0 Å². The summed E-state index contributed by atoms with van der Waals surface area (Å²) in [4.78, 5) is 11.7. The fourth-order valence-corrected chi connectivity index (χ4v) is 1.92. The molecule has 25 heavy (non-hydrogen) atoms. The van der Waals surface area contributed by atoms with E-state index in [4.69, 9.17) is 0 Å². The maximum Gasteiger partial charge on any atom is 0.387 e. The molecule has 2 aromatic carbocycles. The zero-order valence-electron chi connectivity index (χ0n) is 12.7. The van der Waals surface area contributed by atoms with Gasteiger partial charge in [-0.05, 0) is 42.0 Å². The van der Waals surface area contributed by atoms with Crippen molar-refractivity contribution in [3.63, 3.8) is 0 Å². The number of benzene rings is 2. The zero-order chi connectivity index (χ0) is 18.4. The minimum absolute atomic E-state index is 0.0604. The molecule has 134 valence electrons. The van der Waals surface area contributed by atoms with Crippen LogP contribution in [-0.2, 0) is 0 Å². The average Bonchev–Trinajstić information content (AvgIpc) is 2.56. The van der Waals surface area contributed by atoms with Gasteiger partial charge in [0.25, 0.3) is 0 Å². The lowest BCUT2D eigenvalue weighted by atomic mass is 10.1.